The van der Waals surface area contributed by atoms with Crippen molar-refractivity contribution in [3.63, 3.8) is 0 Å². The molecule has 0 N–H and O–H groups in total. The first-order chi connectivity index (χ1) is 26.5. The maximum atomic E-state index is 6.95. The SMILES string of the molecule is CC1(C)c2ccccc2-c2ccc(N(c3ccc(-c4ccccc4)cc3)c3cc4oc5ccc6sc7ccc8ccc9ccc3c3c9c8c7c6c5c43)cc21. The summed E-state index contributed by atoms with van der Waals surface area (Å²) >= 11 is 1.89. The van der Waals surface area contributed by atoms with Crippen LogP contribution in [0.3, 0.4) is 0 Å². The van der Waals surface area contributed by atoms with Crippen LogP contribution in [0.25, 0.3) is 96.7 Å². The molecule has 0 saturated heterocycles. The Labute approximate surface area is 315 Å². The second-order valence-corrected chi connectivity index (χ2v) is 16.7. The van der Waals surface area contributed by atoms with E-state index in [2.05, 4.69) is 170 Å². The van der Waals surface area contributed by atoms with Crippen LogP contribution in [-0.4, -0.2) is 0 Å². The van der Waals surface area contributed by atoms with Crippen LogP contribution in [0, 0.1) is 0 Å². The van der Waals surface area contributed by atoms with E-state index in [0.29, 0.717) is 0 Å². The fraction of sp³-hybridized carbons (Fsp3) is 0.0588. The molecule has 1 aliphatic carbocycles. The van der Waals surface area contributed by atoms with Gasteiger partial charge in [0.25, 0.3) is 0 Å². The third-order valence-corrected chi connectivity index (χ3v) is 13.7. The van der Waals surface area contributed by atoms with Gasteiger partial charge in [-0.3, -0.25) is 0 Å². The quantitative estimate of drug-likeness (QED) is 0.170. The van der Waals surface area contributed by atoms with E-state index in [0.717, 1.165) is 28.2 Å². The third kappa shape index (κ3) is 3.56. The highest BCUT2D eigenvalue weighted by Gasteiger charge is 2.36. The fourth-order valence-corrected chi connectivity index (χ4v) is 11.2. The van der Waals surface area contributed by atoms with Crippen LogP contribution in [0.1, 0.15) is 25.0 Å². The molecule has 0 bridgehead atoms. The third-order valence-electron chi connectivity index (χ3n) is 12.5. The van der Waals surface area contributed by atoms with Gasteiger partial charge in [0, 0.05) is 64.6 Å². The molecule has 12 aromatic rings. The van der Waals surface area contributed by atoms with Crippen LogP contribution in [-0.2, 0) is 5.41 Å². The van der Waals surface area contributed by atoms with Crippen LogP contribution in [0.4, 0.5) is 17.1 Å². The van der Waals surface area contributed by atoms with Crippen LogP contribution in [0.2, 0.25) is 0 Å². The Hall–Kier alpha value is -6.42. The molecule has 0 spiro atoms. The number of nitrogens with zero attached hydrogens (tertiary/aromatic N) is 1. The van der Waals surface area contributed by atoms with Crippen molar-refractivity contribution in [2.45, 2.75) is 19.3 Å². The van der Waals surface area contributed by atoms with E-state index in [1.54, 1.807) is 0 Å². The molecule has 0 fully saturated rings. The smallest absolute Gasteiger partial charge is 0.138 e. The van der Waals surface area contributed by atoms with Crippen molar-refractivity contribution >= 4 is 103 Å². The van der Waals surface area contributed by atoms with Crippen LogP contribution < -0.4 is 4.90 Å². The van der Waals surface area contributed by atoms with Gasteiger partial charge in [0.2, 0.25) is 0 Å². The minimum Gasteiger partial charge on any atom is -0.456 e. The molecule has 0 radical (unpaired) electrons. The summed E-state index contributed by atoms with van der Waals surface area (Å²) in [6, 6.07) is 56.4. The zero-order valence-corrected chi connectivity index (χ0v) is 30.5. The molecule has 2 nitrogen and oxygen atoms in total. The molecular formula is C51H31NOS. The summed E-state index contributed by atoms with van der Waals surface area (Å²) in [5.74, 6) is 0. The largest absolute Gasteiger partial charge is 0.456 e. The van der Waals surface area contributed by atoms with E-state index in [4.69, 9.17) is 4.42 Å². The zero-order valence-electron chi connectivity index (χ0n) is 29.7. The van der Waals surface area contributed by atoms with Crippen molar-refractivity contribution in [2.75, 3.05) is 4.90 Å². The van der Waals surface area contributed by atoms with E-state index in [1.807, 2.05) is 11.3 Å². The number of furan rings is 1. The van der Waals surface area contributed by atoms with Gasteiger partial charge < -0.3 is 9.32 Å². The molecule has 0 saturated carbocycles. The standard InChI is InChI=1S/C51H31NOS/c1-51(2)37-11-7-6-10-34(37)35-22-20-33(26-38(35)51)52(32-18-14-29(15-19-32)28-8-4-3-5-9-28)39-27-41-48-46-36(39)21-16-30-12-13-31-17-24-42-49(45(31)44(30)46)50-43(54-42)25-23-40(53-41)47(48)50/h3-27H,1-2H3. The Morgan fingerprint density at radius 3 is 1.93 bits per heavy atom. The van der Waals surface area contributed by atoms with Crippen molar-refractivity contribution in [3.05, 3.63) is 163 Å². The lowest BCUT2D eigenvalue weighted by atomic mass is 9.82. The first kappa shape index (κ1) is 29.1. The van der Waals surface area contributed by atoms with Gasteiger partial charge in [-0.1, -0.05) is 117 Å². The zero-order chi connectivity index (χ0) is 35.4. The normalized spacial score (nSPS) is 13.9. The first-order valence-electron chi connectivity index (χ1n) is 18.8. The van der Waals surface area contributed by atoms with Crippen molar-refractivity contribution in [1.82, 2.24) is 0 Å². The van der Waals surface area contributed by atoms with Crippen LogP contribution >= 0.6 is 11.3 Å². The molecule has 2 aromatic heterocycles. The molecule has 3 heteroatoms. The van der Waals surface area contributed by atoms with E-state index < -0.39 is 0 Å². The fourth-order valence-electron chi connectivity index (χ4n) is 10.1. The number of thiophene rings is 1. The number of hydrogen-bond donors (Lipinski definition) is 0. The maximum Gasteiger partial charge on any atom is 0.138 e. The average molecular weight is 706 g/mol. The number of anilines is 3. The Kier molecular flexibility index (Phi) is 5.36. The highest BCUT2D eigenvalue weighted by Crippen LogP contribution is 2.55. The summed E-state index contributed by atoms with van der Waals surface area (Å²) in [4.78, 5) is 2.47. The summed E-state index contributed by atoms with van der Waals surface area (Å²) in [5, 5.41) is 12.9. The van der Waals surface area contributed by atoms with Gasteiger partial charge in [0.05, 0.1) is 5.69 Å². The van der Waals surface area contributed by atoms with Gasteiger partial charge in [-0.25, -0.2) is 0 Å². The van der Waals surface area contributed by atoms with Crippen molar-refractivity contribution in [2.24, 2.45) is 0 Å². The molecule has 0 aliphatic heterocycles. The first-order valence-corrected chi connectivity index (χ1v) is 19.6. The lowest BCUT2D eigenvalue weighted by Gasteiger charge is -2.29. The molecule has 13 rings (SSSR count). The molecule has 54 heavy (non-hydrogen) atoms. The monoisotopic (exact) mass is 705 g/mol. The molecule has 0 amide bonds. The van der Waals surface area contributed by atoms with E-state index >= 15 is 0 Å². The molecule has 252 valence electrons. The Morgan fingerprint density at radius 2 is 1.09 bits per heavy atom. The second-order valence-electron chi connectivity index (χ2n) is 15.6. The van der Waals surface area contributed by atoms with Gasteiger partial charge in [0.15, 0.2) is 0 Å². The summed E-state index contributed by atoms with van der Waals surface area (Å²) in [7, 11) is 0. The average Bonchev–Trinajstić information content (AvgIpc) is 3.82. The number of benzene rings is 9. The van der Waals surface area contributed by atoms with E-state index in [-0.39, 0.29) is 5.41 Å². The van der Waals surface area contributed by atoms with Crippen LogP contribution in [0.15, 0.2) is 156 Å². The van der Waals surface area contributed by atoms with Gasteiger partial charge in [-0.2, -0.15) is 0 Å². The second kappa shape index (κ2) is 9.96. The van der Waals surface area contributed by atoms with Crippen molar-refractivity contribution in [3.8, 4) is 22.3 Å². The van der Waals surface area contributed by atoms with E-state index in [1.165, 1.54) is 96.6 Å². The van der Waals surface area contributed by atoms with Gasteiger partial charge in [-0.05, 0) is 97.4 Å². The Bertz CT molecular complexity index is 3460. The molecule has 1 aliphatic rings. The Morgan fingerprint density at radius 1 is 0.463 bits per heavy atom. The minimum absolute atomic E-state index is 0.128. The lowest BCUT2D eigenvalue weighted by Crippen LogP contribution is -2.16. The summed E-state index contributed by atoms with van der Waals surface area (Å²) in [6.45, 7) is 4.73. The summed E-state index contributed by atoms with van der Waals surface area (Å²) in [6.07, 6.45) is 0. The minimum atomic E-state index is -0.128. The van der Waals surface area contributed by atoms with Crippen molar-refractivity contribution < 1.29 is 4.42 Å². The lowest BCUT2D eigenvalue weighted by molar-refractivity contribution is 0.660. The van der Waals surface area contributed by atoms with Crippen LogP contribution in [0.5, 0.6) is 0 Å². The topological polar surface area (TPSA) is 16.4 Å². The highest BCUT2D eigenvalue weighted by atomic mass is 32.1. The Balaban J connectivity index is 1.16. The van der Waals surface area contributed by atoms with E-state index in [9.17, 15) is 0 Å². The molecule has 2 heterocycles. The number of fused-ring (bicyclic) bond motifs is 3. The number of rotatable bonds is 4. The highest BCUT2D eigenvalue weighted by molar-refractivity contribution is 7.26. The molecule has 0 unspecified atom stereocenters. The predicted molar refractivity (Wildman–Crippen MR) is 230 cm³/mol. The number of hydrogen-bond acceptors (Lipinski definition) is 3. The summed E-state index contributed by atoms with van der Waals surface area (Å²) < 4.78 is 9.60. The molecule has 0 atom stereocenters. The van der Waals surface area contributed by atoms with Crippen molar-refractivity contribution in [1.29, 1.82) is 0 Å². The predicted octanol–water partition coefficient (Wildman–Crippen LogP) is 15.2. The molecule has 10 aromatic carbocycles. The molecular weight excluding hydrogens is 675 g/mol. The maximum absolute atomic E-state index is 6.95. The summed E-state index contributed by atoms with van der Waals surface area (Å²) in [5.41, 5.74) is 12.9. The van der Waals surface area contributed by atoms with Gasteiger partial charge >= 0.3 is 0 Å². The van der Waals surface area contributed by atoms with Gasteiger partial charge in [-0.15, -0.1) is 11.3 Å². The van der Waals surface area contributed by atoms with Gasteiger partial charge in [0.1, 0.15) is 11.2 Å².